The summed E-state index contributed by atoms with van der Waals surface area (Å²) in [6.45, 7) is 4.82. The van der Waals surface area contributed by atoms with E-state index in [0.717, 1.165) is 42.6 Å². The molecule has 1 aliphatic rings. The molecule has 0 bridgehead atoms. The van der Waals surface area contributed by atoms with E-state index in [4.69, 9.17) is 4.74 Å². The zero-order valence-electron chi connectivity index (χ0n) is 15.4. The number of amides is 1. The Kier molecular flexibility index (Phi) is 6.04. The van der Waals surface area contributed by atoms with Gasteiger partial charge in [-0.1, -0.05) is 19.1 Å². The molecule has 1 aromatic carbocycles. The van der Waals surface area contributed by atoms with E-state index in [-0.39, 0.29) is 5.91 Å². The Morgan fingerprint density at radius 1 is 1.27 bits per heavy atom. The van der Waals surface area contributed by atoms with E-state index in [1.165, 1.54) is 12.8 Å². The number of ether oxygens (including phenoxy) is 1. The average Bonchev–Trinajstić information content (AvgIpc) is 2.69. The number of nitrogens with one attached hydrogen (secondary N) is 1. The lowest BCUT2D eigenvalue weighted by Crippen LogP contribution is -2.33. The molecule has 0 spiro atoms. The molecule has 1 saturated heterocycles. The fourth-order valence-corrected chi connectivity index (χ4v) is 3.08. The van der Waals surface area contributed by atoms with Crippen molar-refractivity contribution in [3.8, 4) is 5.75 Å². The molecule has 0 unspecified atom stereocenters. The number of hydrogen-bond donors (Lipinski definition) is 1. The largest absolute Gasteiger partial charge is 0.497 e. The Bertz CT molecular complexity index is 725. The van der Waals surface area contributed by atoms with Gasteiger partial charge < -0.3 is 15.0 Å². The third kappa shape index (κ3) is 4.71. The van der Waals surface area contributed by atoms with Crippen LogP contribution < -0.4 is 15.0 Å². The molecule has 3 rings (SSSR count). The van der Waals surface area contributed by atoms with Gasteiger partial charge >= 0.3 is 0 Å². The second kappa shape index (κ2) is 8.65. The summed E-state index contributed by atoms with van der Waals surface area (Å²) in [5, 5.41) is 2.89. The van der Waals surface area contributed by atoms with Gasteiger partial charge in [-0.25, -0.2) is 9.97 Å². The van der Waals surface area contributed by atoms with Gasteiger partial charge in [0.2, 0.25) is 0 Å². The van der Waals surface area contributed by atoms with E-state index in [9.17, 15) is 4.79 Å². The quantitative estimate of drug-likeness (QED) is 0.864. The van der Waals surface area contributed by atoms with E-state index < -0.39 is 0 Å². The molecule has 0 saturated carbocycles. The predicted octanol–water partition coefficient (Wildman–Crippen LogP) is 2.69. The van der Waals surface area contributed by atoms with Crippen LogP contribution in [0, 0.1) is 5.92 Å². The molecule has 2 aromatic rings. The van der Waals surface area contributed by atoms with Crippen molar-refractivity contribution in [3.05, 3.63) is 47.9 Å². The molecule has 6 nitrogen and oxygen atoms in total. The highest BCUT2D eigenvalue weighted by Gasteiger charge is 2.17. The number of rotatable bonds is 6. The summed E-state index contributed by atoms with van der Waals surface area (Å²) in [6, 6.07) is 7.84. The van der Waals surface area contributed by atoms with Gasteiger partial charge in [0, 0.05) is 19.6 Å². The van der Waals surface area contributed by atoms with Gasteiger partial charge in [-0.05, 0) is 42.9 Å². The summed E-state index contributed by atoms with van der Waals surface area (Å²) >= 11 is 0. The van der Waals surface area contributed by atoms with Crippen molar-refractivity contribution in [1.29, 1.82) is 0 Å². The van der Waals surface area contributed by atoms with Crippen LogP contribution >= 0.6 is 0 Å². The predicted molar refractivity (Wildman–Crippen MR) is 102 cm³/mol. The lowest BCUT2D eigenvalue weighted by molar-refractivity contribution is 0.0949. The van der Waals surface area contributed by atoms with Crippen LogP contribution in [-0.2, 0) is 6.42 Å². The monoisotopic (exact) mass is 354 g/mol. The molecular formula is C20H26N4O2. The summed E-state index contributed by atoms with van der Waals surface area (Å²) in [5.41, 5.74) is 1.47. The average molecular weight is 354 g/mol. The molecule has 0 radical (unpaired) electrons. The summed E-state index contributed by atoms with van der Waals surface area (Å²) in [6.07, 6.45) is 6.35. The zero-order valence-corrected chi connectivity index (χ0v) is 15.4. The smallest absolute Gasteiger partial charge is 0.271 e. The number of piperidine rings is 1. The lowest BCUT2D eigenvalue weighted by Gasteiger charge is -2.30. The van der Waals surface area contributed by atoms with Crippen LogP contribution in [0.2, 0.25) is 0 Å². The molecule has 1 aromatic heterocycles. The van der Waals surface area contributed by atoms with Crippen LogP contribution in [0.4, 0.5) is 5.82 Å². The number of anilines is 1. The molecule has 2 heterocycles. The van der Waals surface area contributed by atoms with E-state index in [2.05, 4.69) is 27.1 Å². The third-order valence-corrected chi connectivity index (χ3v) is 4.81. The maximum Gasteiger partial charge on any atom is 0.271 e. The molecule has 1 aliphatic heterocycles. The first-order valence-electron chi connectivity index (χ1n) is 9.14. The summed E-state index contributed by atoms with van der Waals surface area (Å²) in [7, 11) is 1.65. The van der Waals surface area contributed by atoms with Gasteiger partial charge in [-0.15, -0.1) is 0 Å². The van der Waals surface area contributed by atoms with Crippen LogP contribution in [0.3, 0.4) is 0 Å². The van der Waals surface area contributed by atoms with Crippen molar-refractivity contribution in [1.82, 2.24) is 15.3 Å². The van der Waals surface area contributed by atoms with Gasteiger partial charge in [0.15, 0.2) is 0 Å². The number of benzene rings is 1. The number of carbonyl (C=O) groups is 1. The molecule has 1 fully saturated rings. The minimum absolute atomic E-state index is 0.195. The Hall–Kier alpha value is -2.63. The van der Waals surface area contributed by atoms with E-state index >= 15 is 0 Å². The van der Waals surface area contributed by atoms with E-state index in [0.29, 0.717) is 12.2 Å². The highest BCUT2D eigenvalue weighted by Crippen LogP contribution is 2.20. The minimum atomic E-state index is -0.195. The standard InChI is InChI=1S/C20H26N4O2/c1-15-7-10-24(11-8-15)19-14-22-18(13-23-19)20(25)21-9-6-16-4-3-5-17(12-16)26-2/h3-5,12-15H,6-11H2,1-2H3,(H,21,25). The molecule has 1 N–H and O–H groups in total. The van der Waals surface area contributed by atoms with Gasteiger partial charge in [-0.3, -0.25) is 4.79 Å². The van der Waals surface area contributed by atoms with Crippen LogP contribution in [0.1, 0.15) is 35.8 Å². The number of nitrogens with zero attached hydrogens (tertiary/aromatic N) is 3. The van der Waals surface area contributed by atoms with Crippen LogP contribution in [0.5, 0.6) is 5.75 Å². The molecule has 1 amide bonds. The maximum absolute atomic E-state index is 12.2. The minimum Gasteiger partial charge on any atom is -0.497 e. The van der Waals surface area contributed by atoms with E-state index in [1.54, 1.807) is 19.5 Å². The second-order valence-corrected chi connectivity index (χ2v) is 6.79. The topological polar surface area (TPSA) is 67.3 Å². The van der Waals surface area contributed by atoms with Crippen molar-refractivity contribution >= 4 is 11.7 Å². The lowest BCUT2D eigenvalue weighted by atomic mass is 9.99. The summed E-state index contributed by atoms with van der Waals surface area (Å²) in [4.78, 5) is 23.2. The Morgan fingerprint density at radius 2 is 2.08 bits per heavy atom. The van der Waals surface area contributed by atoms with Gasteiger partial charge in [0.25, 0.3) is 5.91 Å². The molecule has 6 heteroatoms. The zero-order chi connectivity index (χ0) is 18.4. The van der Waals surface area contributed by atoms with Crippen molar-refractivity contribution in [2.24, 2.45) is 5.92 Å². The number of methoxy groups -OCH3 is 1. The van der Waals surface area contributed by atoms with Gasteiger partial charge in [-0.2, -0.15) is 0 Å². The van der Waals surface area contributed by atoms with E-state index in [1.807, 2.05) is 24.3 Å². The molecule has 0 atom stereocenters. The van der Waals surface area contributed by atoms with Gasteiger partial charge in [0.05, 0.1) is 19.5 Å². The summed E-state index contributed by atoms with van der Waals surface area (Å²) < 4.78 is 5.21. The molecule has 26 heavy (non-hydrogen) atoms. The second-order valence-electron chi connectivity index (χ2n) is 6.79. The number of carbonyl (C=O) groups excluding carboxylic acids is 1. The highest BCUT2D eigenvalue weighted by atomic mass is 16.5. The molecule has 138 valence electrons. The van der Waals surface area contributed by atoms with Crippen LogP contribution in [0.25, 0.3) is 0 Å². The number of hydrogen-bond acceptors (Lipinski definition) is 5. The highest BCUT2D eigenvalue weighted by molar-refractivity contribution is 5.92. The first-order chi connectivity index (χ1) is 12.7. The van der Waals surface area contributed by atoms with Crippen molar-refractivity contribution in [2.45, 2.75) is 26.2 Å². The Labute approximate surface area is 154 Å². The molecule has 0 aliphatic carbocycles. The fourth-order valence-electron chi connectivity index (χ4n) is 3.08. The molecular weight excluding hydrogens is 328 g/mol. The Balaban J connectivity index is 1.50. The number of aromatic nitrogens is 2. The van der Waals surface area contributed by atoms with Crippen LogP contribution in [-0.4, -0.2) is 42.6 Å². The maximum atomic E-state index is 12.2. The summed E-state index contributed by atoms with van der Waals surface area (Å²) in [5.74, 6) is 2.25. The van der Waals surface area contributed by atoms with Crippen molar-refractivity contribution in [3.63, 3.8) is 0 Å². The van der Waals surface area contributed by atoms with Gasteiger partial charge in [0.1, 0.15) is 17.3 Å². The normalized spacial score (nSPS) is 14.9. The SMILES string of the molecule is COc1cccc(CCNC(=O)c2cnc(N3CCC(C)CC3)cn2)c1. The first kappa shape index (κ1) is 18.2. The van der Waals surface area contributed by atoms with Crippen molar-refractivity contribution in [2.75, 3.05) is 31.6 Å². The third-order valence-electron chi connectivity index (χ3n) is 4.81. The first-order valence-corrected chi connectivity index (χ1v) is 9.14. The van der Waals surface area contributed by atoms with Crippen LogP contribution in [0.15, 0.2) is 36.7 Å². The van der Waals surface area contributed by atoms with Crippen molar-refractivity contribution < 1.29 is 9.53 Å². The fraction of sp³-hybridized carbons (Fsp3) is 0.450. The Morgan fingerprint density at radius 3 is 2.77 bits per heavy atom.